The molecule has 33 heavy (non-hydrogen) atoms. The van der Waals surface area contributed by atoms with E-state index in [0.717, 1.165) is 5.56 Å². The van der Waals surface area contributed by atoms with E-state index in [9.17, 15) is 17.6 Å². The minimum atomic E-state index is -4.00. The van der Waals surface area contributed by atoms with Crippen LogP contribution in [0.1, 0.15) is 21.5 Å². The number of carbonyl (C=O) groups is 1. The number of amides is 1. The predicted molar refractivity (Wildman–Crippen MR) is 129 cm³/mol. The summed E-state index contributed by atoms with van der Waals surface area (Å²) in [7, 11) is -2.43. The minimum absolute atomic E-state index is 0.0776. The van der Waals surface area contributed by atoms with E-state index in [1.54, 1.807) is 55.0 Å². The lowest BCUT2D eigenvalue weighted by Gasteiger charge is -2.23. The van der Waals surface area contributed by atoms with Gasteiger partial charge in [-0.15, -0.1) is 0 Å². The van der Waals surface area contributed by atoms with Gasteiger partial charge in [0.2, 0.25) is 0 Å². The Hall–Kier alpha value is -2.95. The molecule has 1 amide bonds. The highest BCUT2D eigenvalue weighted by molar-refractivity contribution is 7.97. The number of allylic oxidation sites excluding steroid dienone is 2. The molecule has 2 aliphatic heterocycles. The van der Waals surface area contributed by atoms with E-state index in [0.29, 0.717) is 11.3 Å². The second kappa shape index (κ2) is 9.12. The molecule has 7 nitrogen and oxygen atoms in total. The fourth-order valence-corrected chi connectivity index (χ4v) is 5.58. The molecule has 11 heteroatoms. The summed E-state index contributed by atoms with van der Waals surface area (Å²) < 4.78 is 47.0. The summed E-state index contributed by atoms with van der Waals surface area (Å²) in [6.45, 7) is 1.93. The van der Waals surface area contributed by atoms with Gasteiger partial charge in [0.25, 0.3) is 15.9 Å². The Kier molecular flexibility index (Phi) is 6.42. The molecule has 0 aliphatic carbocycles. The molecule has 0 atom stereocenters. The van der Waals surface area contributed by atoms with Crippen molar-refractivity contribution in [1.29, 1.82) is 0 Å². The summed E-state index contributed by atoms with van der Waals surface area (Å²) >= 11 is 7.34. The first-order valence-corrected chi connectivity index (χ1v) is 12.4. The van der Waals surface area contributed by atoms with E-state index < -0.39 is 21.7 Å². The van der Waals surface area contributed by atoms with Gasteiger partial charge >= 0.3 is 0 Å². The van der Waals surface area contributed by atoms with Gasteiger partial charge in [0.15, 0.2) is 0 Å². The monoisotopic (exact) mass is 506 g/mol. The van der Waals surface area contributed by atoms with Gasteiger partial charge in [0, 0.05) is 31.0 Å². The van der Waals surface area contributed by atoms with Crippen molar-refractivity contribution in [1.82, 2.24) is 13.9 Å². The van der Waals surface area contributed by atoms with E-state index in [-0.39, 0.29) is 27.7 Å². The predicted octanol–water partition coefficient (Wildman–Crippen LogP) is 4.52. The van der Waals surface area contributed by atoms with Crippen molar-refractivity contribution in [3.8, 4) is 0 Å². The van der Waals surface area contributed by atoms with Crippen LogP contribution in [0.25, 0.3) is 0 Å². The zero-order valence-electron chi connectivity index (χ0n) is 17.7. The van der Waals surface area contributed by atoms with Gasteiger partial charge in [0.05, 0.1) is 29.1 Å². The molecule has 0 bridgehead atoms. The van der Waals surface area contributed by atoms with Crippen molar-refractivity contribution in [2.45, 2.75) is 13.5 Å². The Morgan fingerprint density at radius 2 is 2.06 bits per heavy atom. The van der Waals surface area contributed by atoms with Crippen molar-refractivity contribution in [2.24, 2.45) is 0 Å². The SMILES string of the molecule is Cc1ccc(C(=O)N(C)Cc2ccc(F)cc2Cl)c(NS(=O)(=O)C2=CC=CN3SNC=C23)c1. The fourth-order valence-electron chi connectivity index (χ4n) is 3.38. The Labute approximate surface area is 200 Å². The number of nitrogens with zero attached hydrogens (tertiary/aromatic N) is 2. The highest BCUT2D eigenvalue weighted by Crippen LogP contribution is 2.34. The maximum absolute atomic E-state index is 13.3. The van der Waals surface area contributed by atoms with Gasteiger partial charge in [0.1, 0.15) is 10.7 Å². The third-order valence-electron chi connectivity index (χ3n) is 5.01. The van der Waals surface area contributed by atoms with Crippen LogP contribution in [0.5, 0.6) is 0 Å². The summed E-state index contributed by atoms with van der Waals surface area (Å²) in [6, 6.07) is 8.87. The largest absolute Gasteiger partial charge is 0.337 e. The van der Waals surface area contributed by atoms with Gasteiger partial charge < -0.3 is 9.62 Å². The zero-order valence-corrected chi connectivity index (χ0v) is 20.1. The third-order valence-corrected chi connectivity index (χ3v) is 7.52. The third kappa shape index (κ3) is 4.87. The molecule has 0 spiro atoms. The van der Waals surface area contributed by atoms with Crippen LogP contribution < -0.4 is 9.44 Å². The second-order valence-corrected chi connectivity index (χ2v) is 10.4. The number of hydrogen-bond donors (Lipinski definition) is 2. The first-order valence-electron chi connectivity index (χ1n) is 9.79. The number of rotatable bonds is 6. The highest BCUT2D eigenvalue weighted by Gasteiger charge is 2.31. The molecule has 2 heterocycles. The quantitative estimate of drug-likeness (QED) is 0.560. The number of hydrogen-bond acceptors (Lipinski definition) is 6. The molecule has 2 aliphatic rings. The van der Waals surface area contributed by atoms with Crippen LogP contribution in [-0.4, -0.2) is 30.6 Å². The number of halogens is 2. The zero-order chi connectivity index (χ0) is 23.8. The lowest BCUT2D eigenvalue weighted by molar-refractivity contribution is 0.0786. The molecular weight excluding hydrogens is 487 g/mol. The Morgan fingerprint density at radius 3 is 2.82 bits per heavy atom. The average Bonchev–Trinajstić information content (AvgIpc) is 3.24. The summed E-state index contributed by atoms with van der Waals surface area (Å²) in [4.78, 5) is 14.7. The number of aryl methyl sites for hydroxylation is 1. The fraction of sp³-hybridized carbons (Fsp3) is 0.136. The molecule has 0 saturated heterocycles. The standard InChI is InChI=1S/C22H20ClFN4O3S2/c1-14-5-8-17(22(29)27(2)13-15-6-7-16(24)11-18(15)23)19(10-14)26-33(30,31)21-4-3-9-28-20(21)12-25-32-28/h3-12,25-26H,13H2,1-2H3. The lowest BCUT2D eigenvalue weighted by atomic mass is 10.1. The molecule has 2 aromatic carbocycles. The molecule has 4 rings (SSSR count). The van der Waals surface area contributed by atoms with E-state index in [2.05, 4.69) is 9.44 Å². The molecular formula is C22H20ClFN4O3S2. The maximum atomic E-state index is 13.3. The Morgan fingerprint density at radius 1 is 1.27 bits per heavy atom. The summed E-state index contributed by atoms with van der Waals surface area (Å²) in [5, 5.41) is 0.206. The van der Waals surface area contributed by atoms with Gasteiger partial charge in [-0.25, -0.2) is 12.8 Å². The van der Waals surface area contributed by atoms with E-state index in [1.807, 2.05) is 0 Å². The van der Waals surface area contributed by atoms with Crippen LogP contribution in [0.2, 0.25) is 5.02 Å². The van der Waals surface area contributed by atoms with E-state index >= 15 is 0 Å². The van der Waals surface area contributed by atoms with Gasteiger partial charge in [-0.3, -0.25) is 13.8 Å². The number of fused-ring (bicyclic) bond motifs is 1. The first kappa shape index (κ1) is 23.2. The van der Waals surface area contributed by atoms with Gasteiger partial charge in [-0.1, -0.05) is 23.7 Å². The molecule has 2 aromatic rings. The highest BCUT2D eigenvalue weighted by atomic mass is 35.5. The van der Waals surface area contributed by atoms with Crippen LogP contribution in [0.4, 0.5) is 10.1 Å². The van der Waals surface area contributed by atoms with Crippen molar-refractivity contribution in [3.63, 3.8) is 0 Å². The smallest absolute Gasteiger partial charge is 0.264 e. The summed E-state index contributed by atoms with van der Waals surface area (Å²) in [5.41, 5.74) is 2.18. The second-order valence-electron chi connectivity index (χ2n) is 7.49. The maximum Gasteiger partial charge on any atom is 0.264 e. The molecule has 0 fully saturated rings. The van der Waals surface area contributed by atoms with Crippen molar-refractivity contribution in [2.75, 3.05) is 11.8 Å². The van der Waals surface area contributed by atoms with E-state index in [4.69, 9.17) is 11.6 Å². The summed E-state index contributed by atoms with van der Waals surface area (Å²) in [6.07, 6.45) is 6.47. The van der Waals surface area contributed by atoms with Gasteiger partial charge in [-0.05, 0) is 54.5 Å². The van der Waals surface area contributed by atoms with E-state index in [1.165, 1.54) is 41.3 Å². The molecule has 0 unspecified atom stereocenters. The normalized spacial score (nSPS) is 14.8. The number of carbonyl (C=O) groups excluding carboxylic acids is 1. The van der Waals surface area contributed by atoms with Gasteiger partial charge in [-0.2, -0.15) is 0 Å². The van der Waals surface area contributed by atoms with Crippen LogP contribution >= 0.6 is 23.7 Å². The molecule has 2 N–H and O–H groups in total. The number of sulfonamides is 1. The van der Waals surface area contributed by atoms with Crippen molar-refractivity contribution < 1.29 is 17.6 Å². The van der Waals surface area contributed by atoms with Crippen molar-refractivity contribution >= 4 is 45.4 Å². The van der Waals surface area contributed by atoms with Crippen LogP contribution in [0, 0.1) is 12.7 Å². The Bertz CT molecular complexity index is 1320. The van der Waals surface area contributed by atoms with Crippen LogP contribution in [0.3, 0.4) is 0 Å². The number of nitrogens with one attached hydrogen (secondary N) is 2. The Balaban J connectivity index is 1.61. The van der Waals surface area contributed by atoms with Crippen molar-refractivity contribution in [3.05, 3.63) is 99.1 Å². The molecule has 0 saturated carbocycles. The number of anilines is 1. The average molecular weight is 507 g/mol. The minimum Gasteiger partial charge on any atom is -0.337 e. The lowest BCUT2D eigenvalue weighted by Crippen LogP contribution is -2.28. The van der Waals surface area contributed by atoms with Crippen LogP contribution in [-0.2, 0) is 16.6 Å². The topological polar surface area (TPSA) is 81.8 Å². The molecule has 0 aromatic heterocycles. The summed E-state index contributed by atoms with van der Waals surface area (Å²) in [5.74, 6) is -0.881. The van der Waals surface area contributed by atoms with Crippen LogP contribution in [0.15, 0.2) is 71.6 Å². The molecule has 172 valence electrons. The molecule has 0 radical (unpaired) electrons. The first-order chi connectivity index (χ1) is 15.7. The number of benzene rings is 2.